The zero-order valence-corrected chi connectivity index (χ0v) is 10.6. The minimum absolute atomic E-state index is 0.176. The Morgan fingerprint density at radius 2 is 1.88 bits per heavy atom. The lowest BCUT2D eigenvalue weighted by Gasteiger charge is -2.13. The predicted molar refractivity (Wildman–Crippen MR) is 68.7 cm³/mol. The molecule has 90 valence electrons. The van der Waals surface area contributed by atoms with Crippen molar-refractivity contribution in [2.24, 2.45) is 11.7 Å². The molecular formula is C14H23NO. The third-order valence-corrected chi connectivity index (χ3v) is 2.47. The molecule has 0 fully saturated rings. The highest BCUT2D eigenvalue weighted by Crippen LogP contribution is 2.19. The van der Waals surface area contributed by atoms with E-state index in [-0.39, 0.29) is 6.04 Å². The van der Waals surface area contributed by atoms with Gasteiger partial charge in [0.2, 0.25) is 0 Å². The van der Waals surface area contributed by atoms with Crippen LogP contribution in [0.5, 0.6) is 5.75 Å². The van der Waals surface area contributed by atoms with Gasteiger partial charge in [0.05, 0.1) is 6.61 Å². The van der Waals surface area contributed by atoms with E-state index in [4.69, 9.17) is 10.5 Å². The maximum atomic E-state index is 5.81. The van der Waals surface area contributed by atoms with E-state index in [1.165, 1.54) is 5.56 Å². The Bertz CT molecular complexity index is 307. The molecule has 0 spiro atoms. The molecule has 0 aliphatic heterocycles. The van der Waals surface area contributed by atoms with Crippen LogP contribution in [0, 0.1) is 5.92 Å². The number of rotatable bonds is 6. The summed E-state index contributed by atoms with van der Waals surface area (Å²) in [7, 11) is 0. The smallest absolute Gasteiger partial charge is 0.122 e. The third kappa shape index (κ3) is 4.67. The van der Waals surface area contributed by atoms with Crippen molar-refractivity contribution < 1.29 is 4.74 Å². The lowest BCUT2D eigenvalue weighted by atomic mass is 10.1. The molecule has 0 saturated carbocycles. The van der Waals surface area contributed by atoms with Crippen LogP contribution in [0.4, 0.5) is 0 Å². The van der Waals surface area contributed by atoms with Gasteiger partial charge in [-0.05, 0) is 37.3 Å². The highest BCUT2D eigenvalue weighted by molar-refractivity contribution is 5.33. The Balaban J connectivity index is 2.56. The molecule has 16 heavy (non-hydrogen) atoms. The molecule has 0 aliphatic carbocycles. The molecule has 2 N–H and O–H groups in total. The standard InChI is InChI=1S/C14H23NO/c1-11(2)8-9-16-14-7-5-4-6-13(14)10-12(3)15/h4-7,11-12H,8-10,15H2,1-3H3. The zero-order chi connectivity index (χ0) is 12.0. The number of hydrogen-bond donors (Lipinski definition) is 1. The van der Waals surface area contributed by atoms with Crippen LogP contribution < -0.4 is 10.5 Å². The van der Waals surface area contributed by atoms with E-state index in [2.05, 4.69) is 19.9 Å². The first-order valence-corrected chi connectivity index (χ1v) is 6.06. The fourth-order valence-electron chi connectivity index (χ4n) is 1.56. The van der Waals surface area contributed by atoms with Crippen LogP contribution in [0.15, 0.2) is 24.3 Å². The summed E-state index contributed by atoms with van der Waals surface area (Å²) >= 11 is 0. The Kier molecular flexibility index (Phi) is 5.33. The van der Waals surface area contributed by atoms with Crippen molar-refractivity contribution in [1.82, 2.24) is 0 Å². The van der Waals surface area contributed by atoms with E-state index in [9.17, 15) is 0 Å². The summed E-state index contributed by atoms with van der Waals surface area (Å²) in [6.45, 7) is 7.22. The number of para-hydroxylation sites is 1. The van der Waals surface area contributed by atoms with Crippen molar-refractivity contribution in [3.63, 3.8) is 0 Å². The Labute approximate surface area is 98.8 Å². The van der Waals surface area contributed by atoms with Crippen molar-refractivity contribution >= 4 is 0 Å². The zero-order valence-electron chi connectivity index (χ0n) is 10.6. The first-order chi connectivity index (χ1) is 7.59. The Morgan fingerprint density at radius 1 is 1.19 bits per heavy atom. The number of nitrogens with two attached hydrogens (primary N) is 1. The maximum Gasteiger partial charge on any atom is 0.122 e. The molecule has 2 heteroatoms. The van der Waals surface area contributed by atoms with Gasteiger partial charge in [-0.25, -0.2) is 0 Å². The third-order valence-electron chi connectivity index (χ3n) is 2.47. The van der Waals surface area contributed by atoms with Gasteiger partial charge in [0.15, 0.2) is 0 Å². The second-order valence-corrected chi connectivity index (χ2v) is 4.82. The summed E-state index contributed by atoms with van der Waals surface area (Å²) in [6, 6.07) is 8.34. The van der Waals surface area contributed by atoms with E-state index in [1.54, 1.807) is 0 Å². The summed E-state index contributed by atoms with van der Waals surface area (Å²) in [4.78, 5) is 0. The van der Waals surface area contributed by atoms with Gasteiger partial charge in [-0.15, -0.1) is 0 Å². The van der Waals surface area contributed by atoms with E-state index in [0.29, 0.717) is 5.92 Å². The van der Waals surface area contributed by atoms with E-state index in [1.807, 2.05) is 25.1 Å². The molecule has 2 nitrogen and oxygen atoms in total. The largest absolute Gasteiger partial charge is 0.493 e. The molecule has 1 aromatic carbocycles. The van der Waals surface area contributed by atoms with E-state index in [0.717, 1.165) is 25.2 Å². The predicted octanol–water partition coefficient (Wildman–Crippen LogP) is 3.00. The van der Waals surface area contributed by atoms with Crippen LogP contribution in [0.1, 0.15) is 32.8 Å². The molecule has 0 saturated heterocycles. The summed E-state index contributed by atoms with van der Waals surface area (Å²) in [5.41, 5.74) is 7.02. The van der Waals surface area contributed by atoms with Crippen LogP contribution in [0.25, 0.3) is 0 Å². The van der Waals surface area contributed by atoms with Gasteiger partial charge >= 0.3 is 0 Å². The van der Waals surface area contributed by atoms with Crippen molar-refractivity contribution in [3.8, 4) is 5.75 Å². The molecular weight excluding hydrogens is 198 g/mol. The van der Waals surface area contributed by atoms with Crippen LogP contribution in [0.3, 0.4) is 0 Å². The molecule has 1 aromatic rings. The van der Waals surface area contributed by atoms with Crippen molar-refractivity contribution in [3.05, 3.63) is 29.8 Å². The molecule has 0 aliphatic rings. The molecule has 0 bridgehead atoms. The van der Waals surface area contributed by atoms with Gasteiger partial charge < -0.3 is 10.5 Å². The second-order valence-electron chi connectivity index (χ2n) is 4.82. The second kappa shape index (κ2) is 6.54. The van der Waals surface area contributed by atoms with Gasteiger partial charge in [0.25, 0.3) is 0 Å². The van der Waals surface area contributed by atoms with Gasteiger partial charge in [-0.2, -0.15) is 0 Å². The monoisotopic (exact) mass is 221 g/mol. The quantitative estimate of drug-likeness (QED) is 0.801. The molecule has 0 heterocycles. The molecule has 1 rings (SSSR count). The molecule has 0 radical (unpaired) electrons. The Morgan fingerprint density at radius 3 is 2.50 bits per heavy atom. The van der Waals surface area contributed by atoms with E-state index >= 15 is 0 Å². The number of ether oxygens (including phenoxy) is 1. The van der Waals surface area contributed by atoms with Crippen LogP contribution >= 0.6 is 0 Å². The first kappa shape index (κ1) is 13.0. The van der Waals surface area contributed by atoms with Crippen molar-refractivity contribution in [1.29, 1.82) is 0 Å². The fourth-order valence-corrected chi connectivity index (χ4v) is 1.56. The number of benzene rings is 1. The summed E-state index contributed by atoms with van der Waals surface area (Å²) < 4.78 is 5.79. The highest BCUT2D eigenvalue weighted by Gasteiger charge is 2.05. The fraction of sp³-hybridized carbons (Fsp3) is 0.571. The summed E-state index contributed by atoms with van der Waals surface area (Å²) in [6.07, 6.45) is 1.96. The average molecular weight is 221 g/mol. The minimum Gasteiger partial charge on any atom is -0.493 e. The van der Waals surface area contributed by atoms with Crippen molar-refractivity contribution in [2.45, 2.75) is 39.7 Å². The molecule has 1 unspecified atom stereocenters. The van der Waals surface area contributed by atoms with Crippen LogP contribution in [-0.2, 0) is 6.42 Å². The lowest BCUT2D eigenvalue weighted by molar-refractivity contribution is 0.286. The number of hydrogen-bond acceptors (Lipinski definition) is 2. The summed E-state index contributed by atoms with van der Waals surface area (Å²) in [5, 5.41) is 0. The first-order valence-electron chi connectivity index (χ1n) is 6.06. The van der Waals surface area contributed by atoms with E-state index < -0.39 is 0 Å². The van der Waals surface area contributed by atoms with Crippen molar-refractivity contribution in [2.75, 3.05) is 6.61 Å². The molecule has 0 amide bonds. The molecule has 0 aromatic heterocycles. The summed E-state index contributed by atoms with van der Waals surface area (Å²) in [5.74, 6) is 1.67. The van der Waals surface area contributed by atoms with Gasteiger partial charge in [0.1, 0.15) is 5.75 Å². The van der Waals surface area contributed by atoms with Gasteiger partial charge in [-0.1, -0.05) is 32.0 Å². The average Bonchev–Trinajstić information content (AvgIpc) is 2.19. The van der Waals surface area contributed by atoms with Crippen LogP contribution in [0.2, 0.25) is 0 Å². The maximum absolute atomic E-state index is 5.81. The lowest BCUT2D eigenvalue weighted by Crippen LogP contribution is -2.18. The minimum atomic E-state index is 0.176. The molecule has 1 atom stereocenters. The van der Waals surface area contributed by atoms with Crippen LogP contribution in [-0.4, -0.2) is 12.6 Å². The highest BCUT2D eigenvalue weighted by atomic mass is 16.5. The van der Waals surface area contributed by atoms with Gasteiger partial charge in [0, 0.05) is 6.04 Å². The SMILES string of the molecule is CC(C)CCOc1ccccc1CC(C)N. The topological polar surface area (TPSA) is 35.2 Å². The van der Waals surface area contributed by atoms with Gasteiger partial charge in [-0.3, -0.25) is 0 Å². The Hall–Kier alpha value is -1.02. The normalized spacial score (nSPS) is 12.8.